The molecule has 3 aromatic rings. The second-order valence-electron chi connectivity index (χ2n) is 10.8. The van der Waals surface area contributed by atoms with Gasteiger partial charge in [-0.1, -0.05) is 49.1 Å². The molecule has 42 heavy (non-hydrogen) atoms. The molecule has 1 unspecified atom stereocenters. The predicted octanol–water partition coefficient (Wildman–Crippen LogP) is 2.15. The highest BCUT2D eigenvalue weighted by atomic mass is 16.5. The number of fused-ring (bicyclic) bond motifs is 1. The topological polar surface area (TPSA) is 180 Å². The number of esters is 1. The molecule has 0 radical (unpaired) electrons. The van der Waals surface area contributed by atoms with Crippen molar-refractivity contribution in [3.8, 4) is 0 Å². The van der Waals surface area contributed by atoms with Crippen molar-refractivity contribution < 1.29 is 29.1 Å². The van der Waals surface area contributed by atoms with E-state index in [0.29, 0.717) is 37.4 Å². The Bertz CT molecular complexity index is 1360. The lowest BCUT2D eigenvalue weighted by molar-refractivity contribution is -0.145. The van der Waals surface area contributed by atoms with Crippen molar-refractivity contribution in [3.63, 3.8) is 0 Å². The monoisotopic (exact) mass is 581 g/mol. The molecule has 1 saturated carbocycles. The Kier molecular flexibility index (Phi) is 11.0. The molecule has 1 aromatic carbocycles. The third kappa shape index (κ3) is 8.62. The molecule has 0 bridgehead atoms. The molecule has 226 valence electrons. The summed E-state index contributed by atoms with van der Waals surface area (Å²) in [6, 6.07) is 6.93. The molecule has 1 fully saturated rings. The minimum atomic E-state index is -0.816. The number of methoxy groups -OCH3 is 1. The first kappa shape index (κ1) is 30.7. The molecule has 0 aliphatic heterocycles. The molecule has 1 aliphatic rings. The number of hydroxylamine groups is 1. The molecule has 4 rings (SSSR count). The fraction of sp³-hybridized carbons (Fsp3) is 0.517. The smallest absolute Gasteiger partial charge is 0.328 e. The van der Waals surface area contributed by atoms with Crippen LogP contribution in [0.5, 0.6) is 0 Å². The number of hydrogen-bond acceptors (Lipinski definition) is 8. The maximum absolute atomic E-state index is 12.8. The lowest BCUT2D eigenvalue weighted by Gasteiger charge is -2.19. The van der Waals surface area contributed by atoms with Crippen molar-refractivity contribution in [2.45, 2.75) is 76.9 Å². The number of nitrogens with zero attached hydrogens (tertiary/aromatic N) is 3. The van der Waals surface area contributed by atoms with Gasteiger partial charge in [0.2, 0.25) is 17.7 Å². The molecule has 13 heteroatoms. The Morgan fingerprint density at radius 2 is 1.95 bits per heavy atom. The minimum absolute atomic E-state index is 0.0772. The van der Waals surface area contributed by atoms with Gasteiger partial charge in [-0.15, -0.1) is 5.10 Å². The van der Waals surface area contributed by atoms with E-state index < -0.39 is 23.8 Å². The Labute approximate surface area is 243 Å². The quantitative estimate of drug-likeness (QED) is 0.103. The molecule has 2 atom stereocenters. The van der Waals surface area contributed by atoms with Crippen LogP contribution in [0.2, 0.25) is 0 Å². The van der Waals surface area contributed by atoms with E-state index in [1.807, 2.05) is 30.5 Å². The largest absolute Gasteiger partial charge is 0.467 e. The Hall–Kier alpha value is -4.26. The van der Waals surface area contributed by atoms with Crippen LogP contribution in [0.4, 0.5) is 0 Å². The summed E-state index contributed by atoms with van der Waals surface area (Å²) in [7, 11) is 1.29. The van der Waals surface area contributed by atoms with Crippen LogP contribution in [0.15, 0.2) is 36.7 Å². The summed E-state index contributed by atoms with van der Waals surface area (Å²) in [5.74, 6) is -1.76. The Morgan fingerprint density at radius 1 is 1.17 bits per heavy atom. The van der Waals surface area contributed by atoms with Gasteiger partial charge in [0.25, 0.3) is 0 Å². The Morgan fingerprint density at radius 3 is 2.71 bits per heavy atom. The summed E-state index contributed by atoms with van der Waals surface area (Å²) >= 11 is 0. The summed E-state index contributed by atoms with van der Waals surface area (Å²) < 4.78 is 6.51. The zero-order valence-corrected chi connectivity index (χ0v) is 23.8. The van der Waals surface area contributed by atoms with Crippen molar-refractivity contribution >= 4 is 34.6 Å². The van der Waals surface area contributed by atoms with Gasteiger partial charge in [-0.05, 0) is 30.4 Å². The first-order chi connectivity index (χ1) is 20.4. The van der Waals surface area contributed by atoms with Gasteiger partial charge >= 0.3 is 5.97 Å². The zero-order valence-electron chi connectivity index (χ0n) is 23.8. The number of benzene rings is 1. The average molecular weight is 582 g/mol. The van der Waals surface area contributed by atoms with E-state index in [-0.39, 0.29) is 31.2 Å². The van der Waals surface area contributed by atoms with Crippen LogP contribution in [0.1, 0.15) is 62.6 Å². The zero-order chi connectivity index (χ0) is 29.9. The lowest BCUT2D eigenvalue weighted by atomic mass is 9.90. The second kappa shape index (κ2) is 15.1. The van der Waals surface area contributed by atoms with E-state index >= 15 is 0 Å². The number of hydrogen-bond donors (Lipinski definition) is 5. The number of rotatable bonds is 15. The lowest BCUT2D eigenvalue weighted by Crippen LogP contribution is -2.43. The van der Waals surface area contributed by atoms with Gasteiger partial charge in [-0.3, -0.25) is 24.3 Å². The molecule has 1 aliphatic carbocycles. The number of para-hydroxylation sites is 1. The van der Waals surface area contributed by atoms with Gasteiger partial charge in [-0.2, -0.15) is 0 Å². The highest BCUT2D eigenvalue weighted by molar-refractivity contribution is 5.87. The number of aromatic nitrogens is 4. The van der Waals surface area contributed by atoms with Crippen LogP contribution < -0.4 is 16.1 Å². The summed E-state index contributed by atoms with van der Waals surface area (Å²) in [5.41, 5.74) is 4.02. The third-order valence-electron chi connectivity index (χ3n) is 7.76. The van der Waals surface area contributed by atoms with Crippen LogP contribution in [0.3, 0.4) is 0 Å². The molecule has 2 aromatic heterocycles. The molecule has 0 spiro atoms. The standard InChI is InChI=1S/C29H39N7O6/c1-42-29(40)25(14-21-16-30-24-10-5-4-9-23(21)24)32-26(37)11-6-12-36-18-22(33-35-36)17-31-28(39)20(15-27(38)34-41)13-19-7-2-3-8-19/h4-5,9-10,16,18-20,25,30,41H,2-3,6-8,11-15,17H2,1H3,(H,31,39)(H,32,37)(H,34,38)/t20?,25-/m0/s1. The van der Waals surface area contributed by atoms with Crippen LogP contribution in [0.25, 0.3) is 10.9 Å². The number of H-pyrrole nitrogens is 1. The second-order valence-corrected chi connectivity index (χ2v) is 10.8. The van der Waals surface area contributed by atoms with Crippen LogP contribution >= 0.6 is 0 Å². The summed E-state index contributed by atoms with van der Waals surface area (Å²) in [4.78, 5) is 52.8. The highest BCUT2D eigenvalue weighted by Gasteiger charge is 2.27. The van der Waals surface area contributed by atoms with E-state index in [2.05, 4.69) is 25.9 Å². The minimum Gasteiger partial charge on any atom is -0.467 e. The number of carbonyl (C=O) groups excluding carboxylic acids is 4. The van der Waals surface area contributed by atoms with Crippen LogP contribution in [-0.4, -0.2) is 62.0 Å². The number of nitrogens with one attached hydrogen (secondary N) is 4. The molecular weight excluding hydrogens is 542 g/mol. The van der Waals surface area contributed by atoms with E-state index in [4.69, 9.17) is 9.94 Å². The van der Waals surface area contributed by atoms with Gasteiger partial charge in [0.05, 0.1) is 19.9 Å². The van der Waals surface area contributed by atoms with Gasteiger partial charge in [-0.25, -0.2) is 10.3 Å². The third-order valence-corrected chi connectivity index (χ3v) is 7.76. The van der Waals surface area contributed by atoms with Crippen molar-refractivity contribution in [2.24, 2.45) is 11.8 Å². The van der Waals surface area contributed by atoms with Crippen molar-refractivity contribution in [3.05, 3.63) is 47.9 Å². The first-order valence-electron chi connectivity index (χ1n) is 14.4. The average Bonchev–Trinajstić information content (AvgIpc) is 3.77. The molecule has 3 amide bonds. The summed E-state index contributed by atoms with van der Waals surface area (Å²) in [5, 5.41) is 23.7. The van der Waals surface area contributed by atoms with Crippen LogP contribution in [-0.2, 0) is 43.4 Å². The van der Waals surface area contributed by atoms with E-state index in [1.54, 1.807) is 16.4 Å². The van der Waals surface area contributed by atoms with Crippen LogP contribution in [0, 0.1) is 11.8 Å². The molecule has 2 heterocycles. The molecule has 0 saturated heterocycles. The summed E-state index contributed by atoms with van der Waals surface area (Å²) in [6.07, 6.45) is 9.34. The van der Waals surface area contributed by atoms with Crippen molar-refractivity contribution in [1.82, 2.24) is 36.1 Å². The first-order valence-corrected chi connectivity index (χ1v) is 14.4. The molecule has 5 N–H and O–H groups in total. The van der Waals surface area contributed by atoms with Gasteiger partial charge < -0.3 is 20.4 Å². The Balaban J connectivity index is 1.22. The summed E-state index contributed by atoms with van der Waals surface area (Å²) in [6.45, 7) is 0.566. The van der Waals surface area contributed by atoms with E-state index in [0.717, 1.165) is 42.1 Å². The number of ether oxygens (including phenoxy) is 1. The fourth-order valence-corrected chi connectivity index (χ4v) is 5.58. The fourth-order valence-electron chi connectivity index (χ4n) is 5.58. The van der Waals surface area contributed by atoms with Crippen molar-refractivity contribution in [2.75, 3.05) is 7.11 Å². The van der Waals surface area contributed by atoms with Gasteiger partial charge in [0.15, 0.2) is 0 Å². The SMILES string of the molecule is COC(=O)[C@H](Cc1c[nH]c2ccccc12)NC(=O)CCCn1cc(CNC(=O)C(CC(=O)NO)CC2CCCC2)nn1. The highest BCUT2D eigenvalue weighted by Crippen LogP contribution is 2.31. The van der Waals surface area contributed by atoms with Gasteiger partial charge in [0, 0.05) is 48.8 Å². The van der Waals surface area contributed by atoms with Crippen molar-refractivity contribution in [1.29, 1.82) is 0 Å². The number of amides is 3. The predicted molar refractivity (Wildman–Crippen MR) is 152 cm³/mol. The van der Waals surface area contributed by atoms with E-state index in [1.165, 1.54) is 7.11 Å². The normalized spacial score (nSPS) is 14.8. The molecular formula is C29H39N7O6. The van der Waals surface area contributed by atoms with Gasteiger partial charge in [0.1, 0.15) is 11.7 Å². The molecule has 13 nitrogen and oxygen atoms in total. The van der Waals surface area contributed by atoms with E-state index in [9.17, 15) is 19.2 Å². The number of aromatic amines is 1. The number of aryl methyl sites for hydroxylation is 1. The number of carbonyl (C=O) groups is 4. The maximum atomic E-state index is 12.8. The maximum Gasteiger partial charge on any atom is 0.328 e.